The first-order valence-electron chi connectivity index (χ1n) is 8.51. The van der Waals surface area contributed by atoms with Gasteiger partial charge in [-0.05, 0) is 24.8 Å². The fourth-order valence-corrected chi connectivity index (χ4v) is 1.88. The summed E-state index contributed by atoms with van der Waals surface area (Å²) in [6.07, 6.45) is 4.52. The van der Waals surface area contributed by atoms with Gasteiger partial charge in [0.1, 0.15) is 6.04 Å². The van der Waals surface area contributed by atoms with Crippen LogP contribution in [0.1, 0.15) is 44.6 Å². The molecule has 0 aliphatic rings. The highest BCUT2D eigenvalue weighted by Crippen LogP contribution is 2.01. The first kappa shape index (κ1) is 23.0. The average Bonchev–Trinajstić information content (AvgIpc) is 2.64. The van der Waals surface area contributed by atoms with Crippen molar-refractivity contribution in [2.45, 2.75) is 51.5 Å². The molecular weight excluding hydrogens is 324 g/mol. The predicted molar refractivity (Wildman–Crippen MR) is 95.2 cm³/mol. The summed E-state index contributed by atoms with van der Waals surface area (Å²) in [6.45, 7) is 2.70. The number of carbonyl (C=O) groups excluding carboxylic acids is 2. The van der Waals surface area contributed by atoms with Crippen LogP contribution in [0.25, 0.3) is 0 Å². The van der Waals surface area contributed by atoms with Crippen molar-refractivity contribution in [1.29, 1.82) is 0 Å². The molecule has 1 unspecified atom stereocenters. The first-order chi connectivity index (χ1) is 12.0. The molecule has 1 atom stereocenters. The second-order valence-electron chi connectivity index (χ2n) is 5.49. The monoisotopic (exact) mass is 354 g/mol. The minimum Gasteiger partial charge on any atom is -0.466 e. The summed E-state index contributed by atoms with van der Waals surface area (Å²) in [5.74, 6) is 3.28. The van der Waals surface area contributed by atoms with Crippen molar-refractivity contribution in [1.82, 2.24) is 0 Å². The van der Waals surface area contributed by atoms with Crippen LogP contribution in [0, 0.1) is 0 Å². The Kier molecular flexibility index (Phi) is 14.3. The summed E-state index contributed by atoms with van der Waals surface area (Å²) in [7, 11) is 0. The zero-order valence-corrected chi connectivity index (χ0v) is 14.9. The Labute approximate surface area is 149 Å². The number of hydrogen-bond acceptors (Lipinski definition) is 7. The largest absolute Gasteiger partial charge is 0.466 e. The van der Waals surface area contributed by atoms with Gasteiger partial charge in [-0.25, -0.2) is 4.79 Å². The highest BCUT2D eigenvalue weighted by Gasteiger charge is 2.19. The Morgan fingerprint density at radius 3 is 2.40 bits per heavy atom. The number of nitrogens with two attached hydrogens (primary N) is 2. The lowest BCUT2D eigenvalue weighted by molar-refractivity contribution is -0.152. The second kappa shape index (κ2) is 15.6. The van der Waals surface area contributed by atoms with Crippen molar-refractivity contribution < 1.29 is 24.3 Å². The number of rotatable bonds is 10. The van der Waals surface area contributed by atoms with Gasteiger partial charge in [0, 0.05) is 6.61 Å². The van der Waals surface area contributed by atoms with Gasteiger partial charge in [0.15, 0.2) is 0 Å². The molecule has 0 radical (unpaired) electrons. The predicted octanol–water partition coefficient (Wildman–Crippen LogP) is 1.47. The summed E-state index contributed by atoms with van der Waals surface area (Å²) in [6, 6.07) is 9.15. The van der Waals surface area contributed by atoms with Gasteiger partial charge < -0.3 is 20.4 Å². The smallest absolute Gasteiger partial charge is 0.341 e. The zero-order chi connectivity index (χ0) is 18.9. The van der Waals surface area contributed by atoms with Crippen molar-refractivity contribution >= 4 is 11.9 Å². The summed E-state index contributed by atoms with van der Waals surface area (Å²) < 4.78 is 4.84. The third-order valence-electron chi connectivity index (χ3n) is 3.28. The molecule has 0 saturated carbocycles. The maximum absolute atomic E-state index is 11.1. The van der Waals surface area contributed by atoms with E-state index in [4.69, 9.17) is 15.6 Å². The van der Waals surface area contributed by atoms with Crippen LogP contribution in [-0.4, -0.2) is 36.3 Å². The molecule has 1 aromatic rings. The molecule has 0 aliphatic carbocycles. The number of esters is 1. The Hall–Kier alpha value is -1.96. The van der Waals surface area contributed by atoms with E-state index >= 15 is 0 Å². The SMILES string of the molecule is CCCCCOC(=O)CC(N)C(=O)ON.OCCCc1ccccc1. The fraction of sp³-hybridized carbons (Fsp3) is 0.556. The molecule has 5 N–H and O–H groups in total. The molecule has 0 fully saturated rings. The van der Waals surface area contributed by atoms with E-state index in [0.717, 1.165) is 32.1 Å². The van der Waals surface area contributed by atoms with Crippen LogP contribution in [0.2, 0.25) is 0 Å². The average molecular weight is 354 g/mol. The minimum atomic E-state index is -1.05. The summed E-state index contributed by atoms with van der Waals surface area (Å²) in [5.41, 5.74) is 6.61. The Bertz CT molecular complexity index is 468. The lowest BCUT2D eigenvalue weighted by atomic mass is 10.1. The second-order valence-corrected chi connectivity index (χ2v) is 5.49. The van der Waals surface area contributed by atoms with E-state index in [1.165, 1.54) is 5.56 Å². The van der Waals surface area contributed by atoms with Crippen LogP contribution >= 0.6 is 0 Å². The van der Waals surface area contributed by atoms with E-state index in [9.17, 15) is 9.59 Å². The fourth-order valence-electron chi connectivity index (χ4n) is 1.88. The zero-order valence-electron chi connectivity index (χ0n) is 14.9. The van der Waals surface area contributed by atoms with Crippen molar-refractivity contribution in [3.05, 3.63) is 35.9 Å². The third-order valence-corrected chi connectivity index (χ3v) is 3.28. The molecule has 0 saturated heterocycles. The van der Waals surface area contributed by atoms with Crippen molar-refractivity contribution in [3.63, 3.8) is 0 Å². The highest BCUT2D eigenvalue weighted by molar-refractivity contribution is 5.82. The quantitative estimate of drug-likeness (QED) is 0.330. The molecule has 25 heavy (non-hydrogen) atoms. The van der Waals surface area contributed by atoms with E-state index in [0.29, 0.717) is 6.61 Å². The van der Waals surface area contributed by atoms with Gasteiger partial charge >= 0.3 is 11.9 Å². The van der Waals surface area contributed by atoms with Crippen LogP contribution < -0.4 is 11.6 Å². The molecule has 0 aromatic heterocycles. The lowest BCUT2D eigenvalue weighted by Crippen LogP contribution is -2.36. The maximum atomic E-state index is 11.1. The van der Waals surface area contributed by atoms with Gasteiger partial charge in [-0.15, -0.1) is 0 Å². The number of aliphatic hydroxyl groups is 1. The van der Waals surface area contributed by atoms with Gasteiger partial charge in [-0.2, -0.15) is 5.90 Å². The first-order valence-corrected chi connectivity index (χ1v) is 8.51. The van der Waals surface area contributed by atoms with Crippen molar-refractivity contribution in [3.8, 4) is 0 Å². The molecule has 1 aromatic carbocycles. The molecule has 7 nitrogen and oxygen atoms in total. The molecule has 7 heteroatoms. The molecule has 0 heterocycles. The molecular formula is C18H30N2O5. The maximum Gasteiger partial charge on any atom is 0.341 e. The third kappa shape index (κ3) is 13.1. The van der Waals surface area contributed by atoms with E-state index in [2.05, 4.69) is 29.8 Å². The van der Waals surface area contributed by atoms with Crippen LogP contribution in [0.5, 0.6) is 0 Å². The molecule has 0 amide bonds. The van der Waals surface area contributed by atoms with Crippen LogP contribution in [-0.2, 0) is 25.6 Å². The molecule has 1 rings (SSSR count). The van der Waals surface area contributed by atoms with Crippen molar-refractivity contribution in [2.75, 3.05) is 13.2 Å². The number of benzene rings is 1. The van der Waals surface area contributed by atoms with Crippen LogP contribution in [0.4, 0.5) is 0 Å². The topological polar surface area (TPSA) is 125 Å². The number of unbranched alkanes of at least 4 members (excludes halogenated alkanes) is 2. The normalized spacial score (nSPS) is 11.0. The van der Waals surface area contributed by atoms with Crippen molar-refractivity contribution in [2.24, 2.45) is 11.6 Å². The Balaban J connectivity index is 0.000000496. The number of hydrogen-bond donors (Lipinski definition) is 3. The Morgan fingerprint density at radius 1 is 1.16 bits per heavy atom. The van der Waals surface area contributed by atoms with Gasteiger partial charge in [0.05, 0.1) is 13.0 Å². The van der Waals surface area contributed by atoms with E-state index in [-0.39, 0.29) is 13.0 Å². The minimum absolute atomic E-state index is 0.206. The molecule has 0 aliphatic heterocycles. The molecule has 142 valence electrons. The van der Waals surface area contributed by atoms with Gasteiger partial charge in [-0.3, -0.25) is 4.79 Å². The molecule has 0 spiro atoms. The van der Waals surface area contributed by atoms with Gasteiger partial charge in [-0.1, -0.05) is 50.1 Å². The summed E-state index contributed by atoms with van der Waals surface area (Å²) in [5, 5.41) is 8.53. The summed E-state index contributed by atoms with van der Waals surface area (Å²) in [4.78, 5) is 25.7. The van der Waals surface area contributed by atoms with Gasteiger partial charge in [0.2, 0.25) is 0 Å². The van der Waals surface area contributed by atoms with E-state index in [1.807, 2.05) is 18.2 Å². The standard InChI is InChI=1S/C9H18N2O4.C9H12O/c1-2-3-4-5-14-8(12)6-7(10)9(13)15-11;10-8-4-7-9-5-2-1-3-6-9/h7H,2-6,10-11H2,1H3;1-3,5-6,10H,4,7-8H2. The van der Waals surface area contributed by atoms with E-state index < -0.39 is 18.0 Å². The Morgan fingerprint density at radius 2 is 1.84 bits per heavy atom. The summed E-state index contributed by atoms with van der Waals surface area (Å²) >= 11 is 0. The highest BCUT2D eigenvalue weighted by atomic mass is 16.7. The van der Waals surface area contributed by atoms with Crippen LogP contribution in [0.3, 0.4) is 0 Å². The van der Waals surface area contributed by atoms with Gasteiger partial charge in [0.25, 0.3) is 0 Å². The number of aryl methyl sites for hydroxylation is 1. The number of ether oxygens (including phenoxy) is 1. The molecule has 0 bridgehead atoms. The number of carbonyl (C=O) groups is 2. The number of aliphatic hydroxyl groups excluding tert-OH is 1. The van der Waals surface area contributed by atoms with E-state index in [1.54, 1.807) is 0 Å². The lowest BCUT2D eigenvalue weighted by Gasteiger charge is -2.08. The van der Waals surface area contributed by atoms with Crippen LogP contribution in [0.15, 0.2) is 30.3 Å².